The van der Waals surface area contributed by atoms with Crippen molar-refractivity contribution in [3.63, 3.8) is 0 Å². The molecule has 1 atom stereocenters. The largest absolute Gasteiger partial charge is 0.481 e. The lowest BCUT2D eigenvalue weighted by Crippen LogP contribution is -2.31. The summed E-state index contributed by atoms with van der Waals surface area (Å²) in [5, 5.41) is 12.0. The van der Waals surface area contributed by atoms with Gasteiger partial charge in [0, 0.05) is 16.6 Å². The van der Waals surface area contributed by atoms with Crippen LogP contribution in [0.5, 0.6) is 0 Å². The van der Waals surface area contributed by atoms with E-state index in [1.165, 1.54) is 6.42 Å². The Kier molecular flexibility index (Phi) is 6.32. The van der Waals surface area contributed by atoms with Crippen LogP contribution in [0.15, 0.2) is 46.9 Å². The molecule has 1 fully saturated rings. The van der Waals surface area contributed by atoms with Crippen LogP contribution in [0.3, 0.4) is 0 Å². The molecule has 4 nitrogen and oxygen atoms in total. The van der Waals surface area contributed by atoms with Crippen molar-refractivity contribution in [3.05, 3.63) is 63.6 Å². The lowest BCUT2D eigenvalue weighted by Gasteiger charge is -2.33. The first kappa shape index (κ1) is 19.6. The lowest BCUT2D eigenvalue weighted by molar-refractivity contribution is -0.137. The number of carboxylic acids is 1. The Labute approximate surface area is 168 Å². The van der Waals surface area contributed by atoms with Crippen LogP contribution in [0.4, 0.5) is 5.69 Å². The Morgan fingerprint density at radius 3 is 2.48 bits per heavy atom. The molecule has 2 N–H and O–H groups in total. The van der Waals surface area contributed by atoms with Crippen molar-refractivity contribution in [1.29, 1.82) is 0 Å². The number of hydrogen-bond donors (Lipinski definition) is 2. The molecule has 5 heteroatoms. The summed E-state index contributed by atoms with van der Waals surface area (Å²) in [6.07, 6.45) is 3.87. The highest BCUT2D eigenvalue weighted by atomic mass is 79.9. The van der Waals surface area contributed by atoms with E-state index in [0.717, 1.165) is 39.7 Å². The molecule has 0 bridgehead atoms. The molecule has 2 aromatic carbocycles. The number of halogens is 1. The van der Waals surface area contributed by atoms with Gasteiger partial charge in [-0.1, -0.05) is 46.6 Å². The first-order valence-corrected chi connectivity index (χ1v) is 10.1. The number of amides is 1. The summed E-state index contributed by atoms with van der Waals surface area (Å²) in [6.45, 7) is 1.94. The minimum atomic E-state index is -0.816. The van der Waals surface area contributed by atoms with Gasteiger partial charge in [-0.05, 0) is 67.0 Å². The highest BCUT2D eigenvalue weighted by Crippen LogP contribution is 2.40. The molecular formula is C22H24BrNO3. The van der Waals surface area contributed by atoms with E-state index in [4.69, 9.17) is 5.11 Å². The van der Waals surface area contributed by atoms with Crippen molar-refractivity contribution in [3.8, 4) is 0 Å². The standard InChI is InChI=1S/C22H24BrNO3/c1-14-15(10-13-20(25)26)4-3-7-19(14)24-22(27)21(16-5-2-6-16)17-8-11-18(23)12-9-17/h3-4,7-9,11-12,16,21H,2,5-6,10,13H2,1H3,(H,24,27)(H,25,26). The number of aliphatic carboxylic acids is 1. The van der Waals surface area contributed by atoms with Gasteiger partial charge in [-0.2, -0.15) is 0 Å². The Bertz CT molecular complexity index is 828. The number of benzene rings is 2. The zero-order chi connectivity index (χ0) is 19.4. The predicted octanol–water partition coefficient (Wildman–Crippen LogP) is 5.30. The summed E-state index contributed by atoms with van der Waals surface area (Å²) < 4.78 is 1.00. The molecule has 27 heavy (non-hydrogen) atoms. The molecule has 0 heterocycles. The summed E-state index contributed by atoms with van der Waals surface area (Å²) >= 11 is 3.45. The molecule has 1 aliphatic rings. The van der Waals surface area contributed by atoms with Crippen LogP contribution in [0.2, 0.25) is 0 Å². The highest BCUT2D eigenvalue weighted by molar-refractivity contribution is 9.10. The molecule has 1 unspecified atom stereocenters. The van der Waals surface area contributed by atoms with Gasteiger partial charge in [0.1, 0.15) is 0 Å². The number of nitrogens with one attached hydrogen (secondary N) is 1. The van der Waals surface area contributed by atoms with Crippen LogP contribution < -0.4 is 5.32 Å². The third-order valence-corrected chi connectivity index (χ3v) is 5.97. The van der Waals surface area contributed by atoms with Gasteiger partial charge in [-0.25, -0.2) is 0 Å². The molecule has 1 saturated carbocycles. The Morgan fingerprint density at radius 1 is 1.19 bits per heavy atom. The van der Waals surface area contributed by atoms with Gasteiger partial charge in [0.15, 0.2) is 0 Å². The summed E-state index contributed by atoms with van der Waals surface area (Å²) in [4.78, 5) is 24.0. The zero-order valence-corrected chi connectivity index (χ0v) is 17.0. The number of carbonyl (C=O) groups is 2. The number of aryl methyl sites for hydroxylation is 1. The van der Waals surface area contributed by atoms with Crippen LogP contribution in [0, 0.1) is 12.8 Å². The van der Waals surface area contributed by atoms with Crippen molar-refractivity contribution in [2.24, 2.45) is 5.92 Å². The second-order valence-electron chi connectivity index (χ2n) is 7.19. The lowest BCUT2D eigenvalue weighted by atomic mass is 9.72. The molecule has 0 aliphatic heterocycles. The van der Waals surface area contributed by atoms with E-state index in [2.05, 4.69) is 21.2 Å². The summed E-state index contributed by atoms with van der Waals surface area (Å²) in [5.41, 5.74) is 3.71. The molecule has 2 aromatic rings. The van der Waals surface area contributed by atoms with Crippen LogP contribution in [0.25, 0.3) is 0 Å². The number of carboxylic acid groups (broad SMARTS) is 1. The van der Waals surface area contributed by atoms with Gasteiger partial charge in [0.05, 0.1) is 5.92 Å². The quantitative estimate of drug-likeness (QED) is 0.627. The number of carbonyl (C=O) groups excluding carboxylic acids is 1. The normalized spacial score (nSPS) is 15.0. The molecule has 1 aliphatic carbocycles. The third kappa shape index (κ3) is 4.78. The van der Waals surface area contributed by atoms with Crippen molar-refractivity contribution >= 4 is 33.5 Å². The summed E-state index contributed by atoms with van der Waals surface area (Å²) in [5.74, 6) is -0.583. The minimum absolute atomic E-state index is 0.0144. The summed E-state index contributed by atoms with van der Waals surface area (Å²) in [7, 11) is 0. The SMILES string of the molecule is Cc1c(CCC(=O)O)cccc1NC(=O)C(c1ccc(Br)cc1)C1CCC1. The predicted molar refractivity (Wildman–Crippen MR) is 110 cm³/mol. The zero-order valence-electron chi connectivity index (χ0n) is 15.4. The average Bonchev–Trinajstić information content (AvgIpc) is 2.59. The number of anilines is 1. The van der Waals surface area contributed by atoms with Crippen LogP contribution in [-0.2, 0) is 16.0 Å². The number of hydrogen-bond acceptors (Lipinski definition) is 2. The van der Waals surface area contributed by atoms with E-state index in [1.54, 1.807) is 0 Å². The maximum absolute atomic E-state index is 13.1. The fourth-order valence-corrected chi connectivity index (χ4v) is 3.89. The molecule has 1 amide bonds. The summed E-state index contributed by atoms with van der Waals surface area (Å²) in [6, 6.07) is 13.7. The Hall–Kier alpha value is -2.14. The first-order chi connectivity index (χ1) is 13.0. The monoisotopic (exact) mass is 429 g/mol. The number of rotatable bonds is 7. The van der Waals surface area contributed by atoms with E-state index < -0.39 is 5.97 Å². The van der Waals surface area contributed by atoms with Gasteiger partial charge in [-0.3, -0.25) is 9.59 Å². The Balaban J connectivity index is 1.80. The molecule has 142 valence electrons. The second-order valence-corrected chi connectivity index (χ2v) is 8.11. The van der Waals surface area contributed by atoms with Crippen LogP contribution >= 0.6 is 15.9 Å². The third-order valence-electron chi connectivity index (χ3n) is 5.44. The van der Waals surface area contributed by atoms with Crippen LogP contribution in [0.1, 0.15) is 48.3 Å². The first-order valence-electron chi connectivity index (χ1n) is 9.32. The smallest absolute Gasteiger partial charge is 0.303 e. The molecule has 0 saturated heterocycles. The maximum atomic E-state index is 13.1. The highest BCUT2D eigenvalue weighted by Gasteiger charge is 2.34. The van der Waals surface area contributed by atoms with Crippen LogP contribution in [-0.4, -0.2) is 17.0 Å². The van der Waals surface area contributed by atoms with Crippen molar-refractivity contribution in [2.75, 3.05) is 5.32 Å². The molecule has 0 aromatic heterocycles. The van der Waals surface area contributed by atoms with Crippen molar-refractivity contribution in [2.45, 2.75) is 44.9 Å². The molecule has 0 spiro atoms. The molecule has 0 radical (unpaired) electrons. The van der Waals surface area contributed by atoms with Gasteiger partial charge in [-0.15, -0.1) is 0 Å². The topological polar surface area (TPSA) is 66.4 Å². The van der Waals surface area contributed by atoms with E-state index >= 15 is 0 Å². The molecular weight excluding hydrogens is 406 g/mol. The average molecular weight is 430 g/mol. The van der Waals surface area contributed by atoms with Crippen molar-refractivity contribution in [1.82, 2.24) is 0 Å². The van der Waals surface area contributed by atoms with Gasteiger partial charge < -0.3 is 10.4 Å². The van der Waals surface area contributed by atoms with Crippen molar-refractivity contribution < 1.29 is 14.7 Å². The van der Waals surface area contributed by atoms with E-state index in [-0.39, 0.29) is 18.2 Å². The van der Waals surface area contributed by atoms with Gasteiger partial charge >= 0.3 is 5.97 Å². The fourth-order valence-electron chi connectivity index (χ4n) is 3.62. The molecule has 3 rings (SSSR count). The maximum Gasteiger partial charge on any atom is 0.303 e. The second kappa shape index (κ2) is 8.70. The Morgan fingerprint density at radius 2 is 1.89 bits per heavy atom. The minimum Gasteiger partial charge on any atom is -0.481 e. The van der Waals surface area contributed by atoms with E-state index in [9.17, 15) is 9.59 Å². The van der Waals surface area contributed by atoms with E-state index in [1.807, 2.05) is 49.4 Å². The van der Waals surface area contributed by atoms with E-state index in [0.29, 0.717) is 12.3 Å². The van der Waals surface area contributed by atoms with Gasteiger partial charge in [0.2, 0.25) is 5.91 Å². The fraction of sp³-hybridized carbons (Fsp3) is 0.364. The van der Waals surface area contributed by atoms with Gasteiger partial charge in [0.25, 0.3) is 0 Å².